The molecule has 0 aliphatic heterocycles. The number of aliphatic hydroxyl groups excluding tert-OH is 1. The average molecular weight is 244 g/mol. The second-order valence-corrected chi connectivity index (χ2v) is 5.33. The Morgan fingerprint density at radius 3 is 2.61 bits per heavy atom. The molecular weight excluding hydrogens is 224 g/mol. The van der Waals surface area contributed by atoms with Crippen LogP contribution in [0.2, 0.25) is 0 Å². The number of likely N-dealkylation sites (N-methyl/N-ethyl adjacent to an activating group) is 1. The van der Waals surface area contributed by atoms with Gasteiger partial charge in [-0.15, -0.1) is 0 Å². The molecule has 0 atom stereocenters. The molecule has 0 bridgehead atoms. The number of aromatic nitrogens is 1. The fraction of sp³-hybridized carbons (Fsp3) is 0.400. The van der Waals surface area contributed by atoms with Crippen LogP contribution < -0.4 is 4.90 Å². The van der Waals surface area contributed by atoms with Crippen LogP contribution in [0, 0.1) is 6.92 Å². The van der Waals surface area contributed by atoms with Crippen molar-refractivity contribution in [2.75, 3.05) is 18.6 Å². The van der Waals surface area contributed by atoms with Gasteiger partial charge in [0.2, 0.25) is 0 Å². The molecule has 18 heavy (non-hydrogen) atoms. The summed E-state index contributed by atoms with van der Waals surface area (Å²) in [5, 5.41) is 10.6. The number of para-hydroxylation sites is 1. The number of hydrogen-bond donors (Lipinski definition) is 1. The molecule has 0 spiro atoms. The van der Waals surface area contributed by atoms with Gasteiger partial charge in [0.05, 0.1) is 17.7 Å². The summed E-state index contributed by atoms with van der Waals surface area (Å²) in [6, 6.07) is 10.2. The SMILES string of the molecule is Cc1cc(N(C)C(C)(C)CO)c2ccccc2n1. The van der Waals surface area contributed by atoms with Gasteiger partial charge in [0.15, 0.2) is 0 Å². The van der Waals surface area contributed by atoms with Crippen LogP contribution in [0.15, 0.2) is 30.3 Å². The summed E-state index contributed by atoms with van der Waals surface area (Å²) in [5.41, 5.74) is 2.80. The molecule has 3 heteroatoms. The van der Waals surface area contributed by atoms with Crippen molar-refractivity contribution in [3.05, 3.63) is 36.0 Å². The summed E-state index contributed by atoms with van der Waals surface area (Å²) in [6.07, 6.45) is 0. The predicted octanol–water partition coefficient (Wildman–Crippen LogP) is 2.75. The lowest BCUT2D eigenvalue weighted by Gasteiger charge is -2.36. The molecule has 1 aromatic heterocycles. The molecule has 1 N–H and O–H groups in total. The molecule has 0 unspecified atom stereocenters. The van der Waals surface area contributed by atoms with E-state index in [0.717, 1.165) is 22.3 Å². The monoisotopic (exact) mass is 244 g/mol. The van der Waals surface area contributed by atoms with Crippen LogP contribution in [0.1, 0.15) is 19.5 Å². The van der Waals surface area contributed by atoms with Crippen LogP contribution in [0.25, 0.3) is 10.9 Å². The van der Waals surface area contributed by atoms with Crippen molar-refractivity contribution in [1.82, 2.24) is 4.98 Å². The van der Waals surface area contributed by atoms with E-state index in [1.165, 1.54) is 0 Å². The molecule has 2 rings (SSSR count). The first-order valence-electron chi connectivity index (χ1n) is 6.17. The number of aryl methyl sites for hydroxylation is 1. The van der Waals surface area contributed by atoms with Crippen molar-refractivity contribution >= 4 is 16.6 Å². The molecule has 1 aromatic carbocycles. The molecule has 2 aromatic rings. The highest BCUT2D eigenvalue weighted by molar-refractivity contribution is 5.92. The van der Waals surface area contributed by atoms with Crippen molar-refractivity contribution in [1.29, 1.82) is 0 Å². The zero-order valence-corrected chi connectivity index (χ0v) is 11.4. The Morgan fingerprint density at radius 1 is 1.28 bits per heavy atom. The quantitative estimate of drug-likeness (QED) is 0.902. The molecular formula is C15H20N2O. The number of aliphatic hydroxyl groups is 1. The standard InChI is InChI=1S/C15H20N2O/c1-11-9-14(17(4)15(2,3)10-18)12-7-5-6-8-13(12)16-11/h5-9,18H,10H2,1-4H3. The number of fused-ring (bicyclic) bond motifs is 1. The van der Waals surface area contributed by atoms with Gasteiger partial charge < -0.3 is 10.0 Å². The molecule has 96 valence electrons. The van der Waals surface area contributed by atoms with E-state index in [1.54, 1.807) is 0 Å². The third-order valence-electron chi connectivity index (χ3n) is 3.48. The molecule has 0 aliphatic rings. The van der Waals surface area contributed by atoms with Crippen LogP contribution in [-0.2, 0) is 0 Å². The van der Waals surface area contributed by atoms with Crippen LogP contribution in [-0.4, -0.2) is 29.3 Å². The van der Waals surface area contributed by atoms with Crippen LogP contribution >= 0.6 is 0 Å². The van der Waals surface area contributed by atoms with Gasteiger partial charge in [-0.2, -0.15) is 0 Å². The highest BCUT2D eigenvalue weighted by Crippen LogP contribution is 2.30. The molecule has 3 nitrogen and oxygen atoms in total. The van der Waals surface area contributed by atoms with Gasteiger partial charge >= 0.3 is 0 Å². The number of rotatable bonds is 3. The summed E-state index contributed by atoms with van der Waals surface area (Å²) >= 11 is 0. The minimum atomic E-state index is -0.295. The smallest absolute Gasteiger partial charge is 0.0726 e. The maximum atomic E-state index is 9.51. The minimum Gasteiger partial charge on any atom is -0.394 e. The van der Waals surface area contributed by atoms with Crippen LogP contribution in [0.3, 0.4) is 0 Å². The van der Waals surface area contributed by atoms with Gasteiger partial charge in [0.25, 0.3) is 0 Å². The van der Waals surface area contributed by atoms with Crippen LogP contribution in [0.4, 0.5) is 5.69 Å². The molecule has 0 saturated heterocycles. The predicted molar refractivity (Wildman–Crippen MR) is 76.0 cm³/mol. The first kappa shape index (κ1) is 12.8. The van der Waals surface area contributed by atoms with E-state index in [-0.39, 0.29) is 12.1 Å². The fourth-order valence-electron chi connectivity index (χ4n) is 2.00. The van der Waals surface area contributed by atoms with Crippen molar-refractivity contribution in [2.45, 2.75) is 26.3 Å². The normalized spacial score (nSPS) is 11.8. The Kier molecular flexibility index (Phi) is 3.26. The third kappa shape index (κ3) is 2.18. The Morgan fingerprint density at radius 2 is 1.94 bits per heavy atom. The fourth-order valence-corrected chi connectivity index (χ4v) is 2.00. The molecule has 0 aliphatic carbocycles. The topological polar surface area (TPSA) is 36.4 Å². The summed E-state index contributed by atoms with van der Waals surface area (Å²) in [4.78, 5) is 6.65. The van der Waals surface area contributed by atoms with Gasteiger partial charge in [-0.25, -0.2) is 0 Å². The summed E-state index contributed by atoms with van der Waals surface area (Å²) < 4.78 is 0. The van der Waals surface area contributed by atoms with E-state index < -0.39 is 0 Å². The van der Waals surface area contributed by atoms with Crippen molar-refractivity contribution in [3.63, 3.8) is 0 Å². The van der Waals surface area contributed by atoms with E-state index in [4.69, 9.17) is 0 Å². The Bertz CT molecular complexity index is 563. The maximum absolute atomic E-state index is 9.51. The zero-order valence-electron chi connectivity index (χ0n) is 11.4. The number of benzene rings is 1. The molecule has 0 saturated carbocycles. The van der Waals surface area contributed by atoms with Crippen LogP contribution in [0.5, 0.6) is 0 Å². The first-order chi connectivity index (χ1) is 8.45. The Balaban J connectivity index is 2.63. The van der Waals surface area contributed by atoms with Gasteiger partial charge in [-0.3, -0.25) is 4.98 Å². The number of nitrogens with zero attached hydrogens (tertiary/aromatic N) is 2. The van der Waals surface area contributed by atoms with E-state index in [2.05, 4.69) is 22.0 Å². The van der Waals surface area contributed by atoms with Gasteiger partial charge in [-0.1, -0.05) is 18.2 Å². The lowest BCUT2D eigenvalue weighted by Crippen LogP contribution is -2.44. The summed E-state index contributed by atoms with van der Waals surface area (Å²) in [5.74, 6) is 0. The Hall–Kier alpha value is -1.61. The zero-order chi connectivity index (χ0) is 13.3. The van der Waals surface area contributed by atoms with Gasteiger partial charge in [0, 0.05) is 23.8 Å². The molecule has 0 fully saturated rings. The van der Waals surface area contributed by atoms with E-state index >= 15 is 0 Å². The third-order valence-corrected chi connectivity index (χ3v) is 3.48. The van der Waals surface area contributed by atoms with Crippen molar-refractivity contribution in [3.8, 4) is 0 Å². The Labute approximate surface area is 108 Å². The van der Waals surface area contributed by atoms with E-state index in [1.807, 2.05) is 46.0 Å². The lowest BCUT2D eigenvalue weighted by molar-refractivity contribution is 0.216. The lowest BCUT2D eigenvalue weighted by atomic mass is 10.0. The maximum Gasteiger partial charge on any atom is 0.0726 e. The highest BCUT2D eigenvalue weighted by atomic mass is 16.3. The number of anilines is 1. The average Bonchev–Trinajstić information content (AvgIpc) is 2.36. The second kappa shape index (κ2) is 4.58. The molecule has 1 heterocycles. The van der Waals surface area contributed by atoms with Crippen molar-refractivity contribution < 1.29 is 5.11 Å². The molecule has 0 radical (unpaired) electrons. The second-order valence-electron chi connectivity index (χ2n) is 5.33. The van der Waals surface area contributed by atoms with Crippen molar-refractivity contribution in [2.24, 2.45) is 0 Å². The van der Waals surface area contributed by atoms with E-state index in [9.17, 15) is 5.11 Å². The highest BCUT2D eigenvalue weighted by Gasteiger charge is 2.24. The summed E-state index contributed by atoms with van der Waals surface area (Å²) in [6.45, 7) is 6.16. The summed E-state index contributed by atoms with van der Waals surface area (Å²) in [7, 11) is 2.01. The number of hydrogen-bond acceptors (Lipinski definition) is 3. The van der Waals surface area contributed by atoms with Gasteiger partial charge in [-0.05, 0) is 32.9 Å². The molecule has 0 amide bonds. The largest absolute Gasteiger partial charge is 0.394 e. The van der Waals surface area contributed by atoms with E-state index in [0.29, 0.717) is 0 Å². The number of pyridine rings is 1. The van der Waals surface area contributed by atoms with Gasteiger partial charge in [0.1, 0.15) is 0 Å². The first-order valence-corrected chi connectivity index (χ1v) is 6.17. The minimum absolute atomic E-state index is 0.110.